The normalized spacial score (nSPS) is 12.3. The lowest BCUT2D eigenvalue weighted by Gasteiger charge is -2.10. The third kappa shape index (κ3) is 6.39. The second-order valence-electron chi connectivity index (χ2n) is 4.61. The van der Waals surface area contributed by atoms with Crippen LogP contribution in [0.2, 0.25) is 0 Å². The average molecular weight is 252 g/mol. The van der Waals surface area contributed by atoms with E-state index in [2.05, 4.69) is 17.2 Å². The van der Waals surface area contributed by atoms with Crippen molar-refractivity contribution in [3.8, 4) is 0 Å². The van der Waals surface area contributed by atoms with E-state index in [1.165, 1.54) is 0 Å². The van der Waals surface area contributed by atoms with Crippen LogP contribution in [0.1, 0.15) is 39.0 Å². The molecule has 1 amide bonds. The maximum Gasteiger partial charge on any atom is 0.221 e. The van der Waals surface area contributed by atoms with Crippen LogP contribution in [0.15, 0.2) is 18.7 Å². The Kier molecular flexibility index (Phi) is 7.10. The second-order valence-corrected chi connectivity index (χ2v) is 4.61. The zero-order valence-corrected chi connectivity index (χ0v) is 11.1. The van der Waals surface area contributed by atoms with E-state index in [0.717, 1.165) is 38.8 Å². The number of nitrogens with zero attached hydrogens (tertiary/aromatic N) is 2. The van der Waals surface area contributed by atoms with Crippen LogP contribution in [-0.4, -0.2) is 28.0 Å². The van der Waals surface area contributed by atoms with Gasteiger partial charge in [0.25, 0.3) is 0 Å². The monoisotopic (exact) mass is 252 g/mol. The number of amides is 1. The van der Waals surface area contributed by atoms with Gasteiger partial charge in [0.05, 0.1) is 6.33 Å². The predicted octanol–water partition coefficient (Wildman–Crippen LogP) is 1.30. The molecule has 0 aliphatic carbocycles. The molecule has 18 heavy (non-hydrogen) atoms. The predicted molar refractivity (Wildman–Crippen MR) is 72.0 cm³/mol. The van der Waals surface area contributed by atoms with Gasteiger partial charge in [0.1, 0.15) is 0 Å². The molecular formula is C13H24N4O. The van der Waals surface area contributed by atoms with Gasteiger partial charge in [-0.05, 0) is 19.3 Å². The van der Waals surface area contributed by atoms with E-state index in [4.69, 9.17) is 5.73 Å². The third-order valence-electron chi connectivity index (χ3n) is 2.83. The lowest BCUT2D eigenvalue weighted by atomic mass is 10.1. The molecular weight excluding hydrogens is 228 g/mol. The lowest BCUT2D eigenvalue weighted by Crippen LogP contribution is -2.32. The molecule has 1 heterocycles. The van der Waals surface area contributed by atoms with Crippen LogP contribution in [0.3, 0.4) is 0 Å². The fraction of sp³-hybridized carbons (Fsp3) is 0.692. The number of aryl methyl sites for hydroxylation is 1. The molecule has 3 N–H and O–H groups in total. The molecule has 0 bridgehead atoms. The maximum atomic E-state index is 11.5. The van der Waals surface area contributed by atoms with Crippen molar-refractivity contribution in [3.63, 3.8) is 0 Å². The molecule has 102 valence electrons. The van der Waals surface area contributed by atoms with E-state index in [9.17, 15) is 4.79 Å². The van der Waals surface area contributed by atoms with Gasteiger partial charge >= 0.3 is 0 Å². The smallest absolute Gasteiger partial charge is 0.221 e. The highest BCUT2D eigenvalue weighted by Gasteiger charge is 2.07. The molecule has 0 saturated carbocycles. The number of imidazole rings is 1. The molecule has 0 saturated heterocycles. The van der Waals surface area contributed by atoms with Crippen LogP contribution < -0.4 is 11.1 Å². The molecule has 0 fully saturated rings. The van der Waals surface area contributed by atoms with E-state index in [1.807, 2.05) is 17.1 Å². The first kappa shape index (κ1) is 14.7. The van der Waals surface area contributed by atoms with Gasteiger partial charge in [-0.2, -0.15) is 0 Å². The van der Waals surface area contributed by atoms with Gasteiger partial charge in [0.2, 0.25) is 5.91 Å². The van der Waals surface area contributed by atoms with Gasteiger partial charge in [-0.25, -0.2) is 4.98 Å². The standard InChI is InChI=1S/C13H24N4O/c1-2-5-12(14)10-13(18)16-6-3-4-8-17-9-7-15-11-17/h7,9,11-12H,2-6,8,10,14H2,1H3,(H,16,18). The van der Waals surface area contributed by atoms with E-state index >= 15 is 0 Å². The molecule has 0 aliphatic heterocycles. The number of carbonyl (C=O) groups is 1. The van der Waals surface area contributed by atoms with Crippen LogP contribution in [-0.2, 0) is 11.3 Å². The Morgan fingerprint density at radius 2 is 2.33 bits per heavy atom. The summed E-state index contributed by atoms with van der Waals surface area (Å²) in [4.78, 5) is 15.5. The minimum Gasteiger partial charge on any atom is -0.356 e. The summed E-state index contributed by atoms with van der Waals surface area (Å²) in [6.07, 6.45) is 9.93. The van der Waals surface area contributed by atoms with Crippen molar-refractivity contribution in [2.24, 2.45) is 5.73 Å². The fourth-order valence-electron chi connectivity index (χ4n) is 1.85. The van der Waals surface area contributed by atoms with Crippen molar-refractivity contribution in [1.29, 1.82) is 0 Å². The number of nitrogens with one attached hydrogen (secondary N) is 1. The number of nitrogens with two attached hydrogens (primary N) is 1. The van der Waals surface area contributed by atoms with Gasteiger partial charge < -0.3 is 15.6 Å². The molecule has 0 aromatic carbocycles. The number of unbranched alkanes of at least 4 members (excludes halogenated alkanes) is 1. The van der Waals surface area contributed by atoms with Crippen molar-refractivity contribution < 1.29 is 4.79 Å². The van der Waals surface area contributed by atoms with Gasteiger partial charge in [0, 0.05) is 37.9 Å². The molecule has 0 radical (unpaired) electrons. The zero-order valence-electron chi connectivity index (χ0n) is 11.1. The average Bonchev–Trinajstić information content (AvgIpc) is 2.81. The SMILES string of the molecule is CCCC(N)CC(=O)NCCCCn1ccnc1. The van der Waals surface area contributed by atoms with Crippen LogP contribution in [0.5, 0.6) is 0 Å². The molecule has 0 spiro atoms. The number of rotatable bonds is 9. The van der Waals surface area contributed by atoms with Crippen LogP contribution in [0.25, 0.3) is 0 Å². The quantitative estimate of drug-likeness (QED) is 0.651. The Bertz CT molecular complexity index is 324. The van der Waals surface area contributed by atoms with E-state index < -0.39 is 0 Å². The Labute approximate surface area is 109 Å². The van der Waals surface area contributed by atoms with Crippen LogP contribution in [0.4, 0.5) is 0 Å². The fourth-order valence-corrected chi connectivity index (χ4v) is 1.85. The van der Waals surface area contributed by atoms with Gasteiger partial charge in [-0.15, -0.1) is 0 Å². The highest BCUT2D eigenvalue weighted by atomic mass is 16.1. The first-order valence-electron chi connectivity index (χ1n) is 6.70. The first-order valence-corrected chi connectivity index (χ1v) is 6.70. The molecule has 1 unspecified atom stereocenters. The molecule has 0 aliphatic rings. The summed E-state index contributed by atoms with van der Waals surface area (Å²) in [7, 11) is 0. The Balaban J connectivity index is 1.98. The Morgan fingerprint density at radius 3 is 3.00 bits per heavy atom. The third-order valence-corrected chi connectivity index (χ3v) is 2.83. The summed E-state index contributed by atoms with van der Waals surface area (Å²) >= 11 is 0. The highest BCUT2D eigenvalue weighted by Crippen LogP contribution is 1.98. The van der Waals surface area contributed by atoms with Crippen molar-refractivity contribution in [2.75, 3.05) is 6.54 Å². The van der Waals surface area contributed by atoms with Crippen LogP contribution >= 0.6 is 0 Å². The summed E-state index contributed by atoms with van der Waals surface area (Å²) < 4.78 is 2.04. The van der Waals surface area contributed by atoms with Crippen molar-refractivity contribution in [1.82, 2.24) is 14.9 Å². The maximum absolute atomic E-state index is 11.5. The molecule has 1 atom stereocenters. The number of hydrogen-bond donors (Lipinski definition) is 2. The Hall–Kier alpha value is -1.36. The topological polar surface area (TPSA) is 72.9 Å². The lowest BCUT2D eigenvalue weighted by molar-refractivity contribution is -0.121. The van der Waals surface area contributed by atoms with Crippen molar-refractivity contribution in [3.05, 3.63) is 18.7 Å². The summed E-state index contributed by atoms with van der Waals surface area (Å²) in [5, 5.41) is 2.91. The van der Waals surface area contributed by atoms with E-state index in [-0.39, 0.29) is 11.9 Å². The molecule has 1 aromatic heterocycles. The minimum absolute atomic E-state index is 0.000878. The van der Waals surface area contributed by atoms with E-state index in [1.54, 1.807) is 6.20 Å². The largest absolute Gasteiger partial charge is 0.356 e. The van der Waals surface area contributed by atoms with Gasteiger partial charge in [-0.1, -0.05) is 13.3 Å². The molecule has 1 aromatic rings. The Morgan fingerprint density at radius 1 is 1.50 bits per heavy atom. The summed E-state index contributed by atoms with van der Waals surface area (Å²) in [6, 6.07) is 0.000878. The molecule has 5 nitrogen and oxygen atoms in total. The zero-order chi connectivity index (χ0) is 13.2. The molecule has 1 rings (SSSR count). The number of carbonyl (C=O) groups excluding carboxylic acids is 1. The molecule has 5 heteroatoms. The van der Waals surface area contributed by atoms with Gasteiger partial charge in [-0.3, -0.25) is 4.79 Å². The van der Waals surface area contributed by atoms with E-state index in [0.29, 0.717) is 6.42 Å². The minimum atomic E-state index is 0.000878. The first-order chi connectivity index (χ1) is 8.72. The van der Waals surface area contributed by atoms with Crippen molar-refractivity contribution >= 4 is 5.91 Å². The number of hydrogen-bond acceptors (Lipinski definition) is 3. The van der Waals surface area contributed by atoms with Crippen molar-refractivity contribution in [2.45, 2.75) is 51.6 Å². The number of aromatic nitrogens is 2. The summed E-state index contributed by atoms with van der Waals surface area (Å²) in [5.41, 5.74) is 5.81. The summed E-state index contributed by atoms with van der Waals surface area (Å²) in [6.45, 7) is 3.76. The summed E-state index contributed by atoms with van der Waals surface area (Å²) in [5.74, 6) is 0.0681. The van der Waals surface area contributed by atoms with Crippen LogP contribution in [0, 0.1) is 0 Å². The second kappa shape index (κ2) is 8.69. The highest BCUT2D eigenvalue weighted by molar-refractivity contribution is 5.76. The van der Waals surface area contributed by atoms with Gasteiger partial charge in [0.15, 0.2) is 0 Å².